The quantitative estimate of drug-likeness (QED) is 0.757. The molecule has 3 atom stereocenters. The second kappa shape index (κ2) is 5.69. The zero-order chi connectivity index (χ0) is 16.4. The first-order valence-electron chi connectivity index (χ1n) is 7.57. The molecule has 0 aromatic heterocycles. The molecule has 0 amide bonds. The Balaban J connectivity index is 2.26. The molecule has 3 N–H and O–H groups in total. The summed E-state index contributed by atoms with van der Waals surface area (Å²) in [6.45, 7) is 1.49. The van der Waals surface area contributed by atoms with Gasteiger partial charge in [-0.05, 0) is 17.2 Å². The van der Waals surface area contributed by atoms with Gasteiger partial charge in [-0.2, -0.15) is 15.8 Å². The summed E-state index contributed by atoms with van der Waals surface area (Å²) in [6, 6.07) is 15.8. The number of nitrogens with two attached hydrogens (primary N) is 1. The lowest BCUT2D eigenvalue weighted by Crippen LogP contribution is -2.87. The van der Waals surface area contributed by atoms with Crippen molar-refractivity contribution in [2.75, 3.05) is 13.1 Å². The number of nitriles is 3. The number of rotatable bonds is 1. The van der Waals surface area contributed by atoms with E-state index in [1.54, 1.807) is 0 Å². The molecular formula is C18H16N5+. The van der Waals surface area contributed by atoms with Gasteiger partial charge in [0.1, 0.15) is 5.92 Å². The van der Waals surface area contributed by atoms with Crippen LogP contribution in [0.1, 0.15) is 11.5 Å². The number of hydrogen-bond donors (Lipinski definition) is 2. The number of hydrogen-bond acceptors (Lipinski definition) is 4. The van der Waals surface area contributed by atoms with Crippen molar-refractivity contribution in [2.24, 2.45) is 17.3 Å². The Morgan fingerprint density at radius 3 is 2.43 bits per heavy atom. The predicted octanol–water partition coefficient (Wildman–Crippen LogP) is 1.10. The van der Waals surface area contributed by atoms with Crippen LogP contribution in [0.5, 0.6) is 0 Å². The van der Waals surface area contributed by atoms with Crippen LogP contribution in [-0.2, 0) is 0 Å². The van der Waals surface area contributed by atoms with Gasteiger partial charge in [-0.1, -0.05) is 30.3 Å². The first-order chi connectivity index (χ1) is 11.2. The highest BCUT2D eigenvalue weighted by Gasteiger charge is 2.57. The molecule has 0 bridgehead atoms. The molecule has 112 valence electrons. The number of quaternary nitrogens is 1. The Morgan fingerprint density at radius 1 is 1.13 bits per heavy atom. The third-order valence-corrected chi connectivity index (χ3v) is 4.93. The van der Waals surface area contributed by atoms with Gasteiger partial charge in [0.15, 0.2) is 5.41 Å². The van der Waals surface area contributed by atoms with E-state index >= 15 is 0 Å². The van der Waals surface area contributed by atoms with Gasteiger partial charge >= 0.3 is 0 Å². The highest BCUT2D eigenvalue weighted by atomic mass is 14.9. The second-order valence-corrected chi connectivity index (χ2v) is 5.97. The Hall–Kier alpha value is -2.94. The summed E-state index contributed by atoms with van der Waals surface area (Å²) >= 11 is 0. The third kappa shape index (κ3) is 2.05. The molecule has 1 saturated carbocycles. The molecule has 1 aliphatic carbocycles. The number of fused-ring (bicyclic) bond motifs is 1. The zero-order valence-corrected chi connectivity index (χ0v) is 12.5. The maximum Gasteiger partial charge on any atom is 0.189 e. The summed E-state index contributed by atoms with van der Waals surface area (Å²) in [5, 5.41) is 39.7. The fraction of sp³-hybridized carbons (Fsp3) is 0.333. The van der Waals surface area contributed by atoms with Gasteiger partial charge in [0.2, 0.25) is 0 Å². The van der Waals surface area contributed by atoms with E-state index in [-0.39, 0.29) is 11.6 Å². The maximum absolute atomic E-state index is 9.79. The van der Waals surface area contributed by atoms with Gasteiger partial charge in [0.05, 0.1) is 37.0 Å². The van der Waals surface area contributed by atoms with Crippen LogP contribution in [0.4, 0.5) is 0 Å². The van der Waals surface area contributed by atoms with Gasteiger partial charge < -0.3 is 10.7 Å². The van der Waals surface area contributed by atoms with Crippen molar-refractivity contribution < 1.29 is 5.32 Å². The lowest BCUT2D eigenvalue weighted by molar-refractivity contribution is -0.654. The first kappa shape index (κ1) is 15.0. The second-order valence-electron chi connectivity index (χ2n) is 5.97. The lowest BCUT2D eigenvalue weighted by Gasteiger charge is -2.44. The minimum Gasteiger partial charge on any atom is -0.342 e. The standard InChI is InChI=1S/C18H15N5/c19-8-14-13-6-7-23-9-15(13)16(12-4-2-1-3-5-12)18(10-20,11-21)17(14)22/h1-6,14-16,22-23H,7,9H2/p+1/t14-,15+,16+/m1/s1. The molecule has 1 aromatic carbocycles. The van der Waals surface area contributed by atoms with Crippen LogP contribution < -0.4 is 5.32 Å². The van der Waals surface area contributed by atoms with Gasteiger partial charge in [0.25, 0.3) is 0 Å². The molecule has 0 spiro atoms. The van der Waals surface area contributed by atoms with E-state index in [4.69, 9.17) is 5.41 Å². The Labute approximate surface area is 135 Å². The summed E-state index contributed by atoms with van der Waals surface area (Å²) in [5.41, 5.74) is 0.107. The molecule has 5 heteroatoms. The molecule has 23 heavy (non-hydrogen) atoms. The van der Waals surface area contributed by atoms with E-state index < -0.39 is 17.3 Å². The Morgan fingerprint density at radius 2 is 1.83 bits per heavy atom. The molecule has 2 aliphatic rings. The van der Waals surface area contributed by atoms with Crippen molar-refractivity contribution in [3.05, 3.63) is 47.5 Å². The molecule has 1 aliphatic heterocycles. The van der Waals surface area contributed by atoms with Crippen molar-refractivity contribution in [3.63, 3.8) is 0 Å². The Bertz CT molecular complexity index is 773. The van der Waals surface area contributed by atoms with E-state index in [9.17, 15) is 15.8 Å². The summed E-state index contributed by atoms with van der Waals surface area (Å²) in [7, 11) is 0. The maximum atomic E-state index is 9.79. The molecule has 0 unspecified atom stereocenters. The molecule has 0 saturated heterocycles. The van der Waals surface area contributed by atoms with E-state index in [1.807, 2.05) is 36.4 Å². The summed E-state index contributed by atoms with van der Waals surface area (Å²) in [4.78, 5) is 0. The summed E-state index contributed by atoms with van der Waals surface area (Å²) in [5.74, 6) is -1.27. The average Bonchev–Trinajstić information content (AvgIpc) is 2.61. The number of benzene rings is 1. The van der Waals surface area contributed by atoms with Crippen molar-refractivity contribution >= 4 is 5.71 Å². The molecule has 0 radical (unpaired) electrons. The fourth-order valence-corrected chi connectivity index (χ4v) is 3.87. The van der Waals surface area contributed by atoms with Crippen LogP contribution in [0.15, 0.2) is 42.0 Å². The van der Waals surface area contributed by atoms with Crippen molar-refractivity contribution in [3.8, 4) is 18.2 Å². The van der Waals surface area contributed by atoms with Crippen molar-refractivity contribution in [1.29, 1.82) is 21.2 Å². The highest BCUT2D eigenvalue weighted by Crippen LogP contribution is 2.52. The smallest absolute Gasteiger partial charge is 0.189 e. The fourth-order valence-electron chi connectivity index (χ4n) is 3.87. The number of nitrogens with one attached hydrogen (secondary N) is 1. The van der Waals surface area contributed by atoms with E-state index in [0.717, 1.165) is 24.2 Å². The SMILES string of the molecule is N#C[C@H]1C(=N)C(C#N)(C#N)[C@@H](c2ccccc2)[C@H]2C[NH2+]CC=C12. The van der Waals surface area contributed by atoms with Gasteiger partial charge in [-0.25, -0.2) is 0 Å². The van der Waals surface area contributed by atoms with E-state index in [0.29, 0.717) is 0 Å². The molecule has 1 heterocycles. The topological polar surface area (TPSA) is 112 Å². The largest absolute Gasteiger partial charge is 0.342 e. The third-order valence-electron chi connectivity index (χ3n) is 4.93. The minimum absolute atomic E-state index is 0.0794. The van der Waals surface area contributed by atoms with Gasteiger partial charge in [-0.3, -0.25) is 0 Å². The molecule has 1 fully saturated rings. The van der Waals surface area contributed by atoms with Crippen LogP contribution in [0.25, 0.3) is 0 Å². The molecule has 3 rings (SSSR count). The Kier molecular flexibility index (Phi) is 3.70. The van der Waals surface area contributed by atoms with Crippen LogP contribution in [0.3, 0.4) is 0 Å². The van der Waals surface area contributed by atoms with E-state index in [1.165, 1.54) is 0 Å². The van der Waals surface area contributed by atoms with Crippen molar-refractivity contribution in [1.82, 2.24) is 0 Å². The lowest BCUT2D eigenvalue weighted by atomic mass is 9.54. The van der Waals surface area contributed by atoms with E-state index in [2.05, 4.69) is 23.5 Å². The van der Waals surface area contributed by atoms with Gasteiger partial charge in [-0.15, -0.1) is 0 Å². The summed E-state index contributed by atoms with van der Waals surface area (Å²) in [6.07, 6.45) is 1.99. The van der Waals surface area contributed by atoms with Crippen LogP contribution in [-0.4, -0.2) is 18.8 Å². The molecule has 5 nitrogen and oxygen atoms in total. The zero-order valence-electron chi connectivity index (χ0n) is 12.5. The highest BCUT2D eigenvalue weighted by molar-refractivity contribution is 6.00. The normalized spacial score (nSPS) is 28.5. The predicted molar refractivity (Wildman–Crippen MR) is 82.9 cm³/mol. The number of nitrogens with zero attached hydrogens (tertiary/aromatic N) is 3. The van der Waals surface area contributed by atoms with Crippen LogP contribution in [0.2, 0.25) is 0 Å². The molecule has 1 aromatic rings. The first-order valence-corrected chi connectivity index (χ1v) is 7.57. The summed E-state index contributed by atoms with van der Waals surface area (Å²) < 4.78 is 0. The van der Waals surface area contributed by atoms with Gasteiger partial charge in [0, 0.05) is 11.8 Å². The van der Waals surface area contributed by atoms with Crippen LogP contribution in [0, 0.1) is 56.7 Å². The minimum atomic E-state index is -1.59. The van der Waals surface area contributed by atoms with Crippen molar-refractivity contribution in [2.45, 2.75) is 5.92 Å². The monoisotopic (exact) mass is 302 g/mol. The average molecular weight is 302 g/mol. The van der Waals surface area contributed by atoms with Crippen LogP contribution >= 0.6 is 0 Å². The molecular weight excluding hydrogens is 286 g/mol.